The Kier molecular flexibility index (Phi) is 9.94. The number of ether oxygens (including phenoxy) is 2. The maximum absolute atomic E-state index is 12.9. The summed E-state index contributed by atoms with van der Waals surface area (Å²) in [6, 6.07) is 7.66. The van der Waals surface area contributed by atoms with Crippen molar-refractivity contribution >= 4 is 29.6 Å². The molecule has 0 saturated carbocycles. The lowest BCUT2D eigenvalue weighted by molar-refractivity contribution is -0.146. The van der Waals surface area contributed by atoms with Gasteiger partial charge in [-0.05, 0) is 38.5 Å². The van der Waals surface area contributed by atoms with Gasteiger partial charge in [0.25, 0.3) is 0 Å². The molecule has 1 heterocycles. The van der Waals surface area contributed by atoms with E-state index in [0.29, 0.717) is 31.3 Å². The van der Waals surface area contributed by atoms with Gasteiger partial charge in [-0.3, -0.25) is 14.3 Å². The van der Waals surface area contributed by atoms with E-state index in [1.807, 2.05) is 49.7 Å². The number of methoxy groups -OCH3 is 1. The molecule has 2 aromatic rings. The van der Waals surface area contributed by atoms with Gasteiger partial charge in [-0.15, -0.1) is 0 Å². The van der Waals surface area contributed by atoms with Gasteiger partial charge in [0, 0.05) is 42.1 Å². The first-order valence-corrected chi connectivity index (χ1v) is 11.1. The predicted molar refractivity (Wildman–Crippen MR) is 126 cm³/mol. The van der Waals surface area contributed by atoms with Crippen molar-refractivity contribution in [1.29, 1.82) is 0 Å². The van der Waals surface area contributed by atoms with Gasteiger partial charge >= 0.3 is 5.97 Å². The summed E-state index contributed by atoms with van der Waals surface area (Å²) >= 11 is 6.29. The molecule has 0 aliphatic rings. The molecule has 8 heteroatoms. The number of hydrogen-bond donors (Lipinski definition) is 0. The van der Waals surface area contributed by atoms with Crippen LogP contribution in [-0.4, -0.2) is 60.0 Å². The van der Waals surface area contributed by atoms with Crippen molar-refractivity contribution in [1.82, 2.24) is 14.7 Å². The summed E-state index contributed by atoms with van der Waals surface area (Å²) in [7, 11) is 1.34. The molecule has 174 valence electrons. The van der Waals surface area contributed by atoms with Crippen molar-refractivity contribution in [3.8, 4) is 0 Å². The lowest BCUT2D eigenvalue weighted by Crippen LogP contribution is -2.38. The number of carbonyl (C=O) groups excluding carboxylic acids is 2. The van der Waals surface area contributed by atoms with E-state index in [-0.39, 0.29) is 18.4 Å². The van der Waals surface area contributed by atoms with E-state index in [9.17, 15) is 9.59 Å². The predicted octanol–water partition coefficient (Wildman–Crippen LogP) is 3.89. The number of esters is 1. The first kappa shape index (κ1) is 25.6. The average Bonchev–Trinajstić information content (AvgIpc) is 3.04. The van der Waals surface area contributed by atoms with Crippen molar-refractivity contribution in [3.63, 3.8) is 0 Å². The zero-order valence-electron chi connectivity index (χ0n) is 19.4. The Hall–Kier alpha value is -2.64. The number of benzene rings is 1. The van der Waals surface area contributed by atoms with E-state index in [1.165, 1.54) is 13.2 Å². The molecule has 1 atom stereocenters. The summed E-state index contributed by atoms with van der Waals surface area (Å²) in [6.07, 6.45) is 3.30. The zero-order valence-corrected chi connectivity index (χ0v) is 20.2. The van der Waals surface area contributed by atoms with Crippen LogP contribution in [0.3, 0.4) is 0 Å². The number of aryl methyl sites for hydroxylation is 1. The Morgan fingerprint density at radius 3 is 2.66 bits per heavy atom. The minimum atomic E-state index is -0.430. The Morgan fingerprint density at radius 2 is 2.00 bits per heavy atom. The second kappa shape index (κ2) is 12.4. The summed E-state index contributed by atoms with van der Waals surface area (Å²) in [6.45, 7) is 9.67. The molecule has 0 radical (unpaired) electrons. The topological polar surface area (TPSA) is 73.7 Å². The minimum Gasteiger partial charge on any atom is -0.469 e. The van der Waals surface area contributed by atoms with Crippen LogP contribution in [0.25, 0.3) is 6.08 Å². The van der Waals surface area contributed by atoms with Gasteiger partial charge in [0.05, 0.1) is 31.9 Å². The number of carbonyl (C=O) groups is 2. The third kappa shape index (κ3) is 6.93. The highest BCUT2D eigenvalue weighted by molar-refractivity contribution is 6.31. The molecule has 32 heavy (non-hydrogen) atoms. The molecule has 1 aromatic heterocycles. The number of hydrogen-bond acceptors (Lipinski definition) is 5. The highest BCUT2D eigenvalue weighted by Gasteiger charge is 2.20. The number of amides is 1. The fourth-order valence-electron chi connectivity index (χ4n) is 3.37. The lowest BCUT2D eigenvalue weighted by atomic mass is 10.1. The molecule has 0 unspecified atom stereocenters. The lowest BCUT2D eigenvalue weighted by Gasteiger charge is -2.23. The van der Waals surface area contributed by atoms with E-state index < -0.39 is 5.92 Å². The molecule has 0 bridgehead atoms. The SMILES string of the molecule is CCOCCN(C[C@H](C)C(=O)OC)C(=O)/C=C\c1c(C)nn(Cc2ccccc2Cl)c1C. The van der Waals surface area contributed by atoms with E-state index >= 15 is 0 Å². The zero-order chi connectivity index (χ0) is 23.7. The third-order valence-electron chi connectivity index (χ3n) is 5.23. The molecule has 1 amide bonds. The first-order valence-electron chi connectivity index (χ1n) is 10.7. The summed E-state index contributed by atoms with van der Waals surface area (Å²) in [5.41, 5.74) is 3.62. The molecule has 1 aromatic carbocycles. The van der Waals surface area contributed by atoms with Gasteiger partial charge in [-0.25, -0.2) is 0 Å². The molecule has 0 aliphatic carbocycles. The molecule has 0 saturated heterocycles. The molecule has 0 aliphatic heterocycles. The molecule has 2 rings (SSSR count). The van der Waals surface area contributed by atoms with Gasteiger partial charge in [0.15, 0.2) is 0 Å². The van der Waals surface area contributed by atoms with Gasteiger partial charge in [0.1, 0.15) is 0 Å². The normalized spacial score (nSPS) is 12.2. The Labute approximate surface area is 194 Å². The summed E-state index contributed by atoms with van der Waals surface area (Å²) in [4.78, 5) is 26.3. The quantitative estimate of drug-likeness (QED) is 0.288. The van der Waals surface area contributed by atoms with Crippen molar-refractivity contribution in [2.75, 3.05) is 33.4 Å². The fourth-order valence-corrected chi connectivity index (χ4v) is 3.57. The molecular formula is C24H32ClN3O4. The molecule has 0 fully saturated rings. The van der Waals surface area contributed by atoms with Crippen molar-refractivity contribution < 1.29 is 19.1 Å². The van der Waals surface area contributed by atoms with Crippen LogP contribution < -0.4 is 0 Å². The molecule has 0 N–H and O–H groups in total. The average molecular weight is 462 g/mol. The second-order valence-electron chi connectivity index (χ2n) is 7.57. The van der Waals surface area contributed by atoms with Crippen LogP contribution in [0.15, 0.2) is 30.3 Å². The van der Waals surface area contributed by atoms with Crippen LogP contribution in [0.4, 0.5) is 0 Å². The number of halogens is 1. The number of nitrogens with zero attached hydrogens (tertiary/aromatic N) is 3. The van der Waals surface area contributed by atoms with Crippen LogP contribution in [-0.2, 0) is 25.6 Å². The fraction of sp³-hybridized carbons (Fsp3) is 0.458. The van der Waals surface area contributed by atoms with Crippen LogP contribution in [0.5, 0.6) is 0 Å². The molecular weight excluding hydrogens is 430 g/mol. The van der Waals surface area contributed by atoms with Gasteiger partial charge in [0.2, 0.25) is 5.91 Å². The maximum atomic E-state index is 12.9. The molecule has 7 nitrogen and oxygen atoms in total. The number of rotatable bonds is 11. The third-order valence-corrected chi connectivity index (χ3v) is 5.60. The molecule has 0 spiro atoms. The van der Waals surface area contributed by atoms with Crippen molar-refractivity contribution in [2.45, 2.75) is 34.2 Å². The van der Waals surface area contributed by atoms with Gasteiger partial charge in [-0.2, -0.15) is 5.10 Å². The Bertz CT molecular complexity index is 955. The van der Waals surface area contributed by atoms with E-state index in [4.69, 9.17) is 21.1 Å². The Morgan fingerprint density at radius 1 is 1.28 bits per heavy atom. The van der Waals surface area contributed by atoms with Crippen LogP contribution >= 0.6 is 11.6 Å². The maximum Gasteiger partial charge on any atom is 0.310 e. The van der Waals surface area contributed by atoms with Crippen LogP contribution in [0, 0.1) is 19.8 Å². The van der Waals surface area contributed by atoms with Crippen molar-refractivity contribution in [3.05, 3.63) is 57.9 Å². The van der Waals surface area contributed by atoms with Gasteiger partial charge < -0.3 is 14.4 Å². The first-order chi connectivity index (χ1) is 15.3. The largest absolute Gasteiger partial charge is 0.469 e. The number of aromatic nitrogens is 2. The van der Waals surface area contributed by atoms with Crippen LogP contribution in [0.2, 0.25) is 5.02 Å². The minimum absolute atomic E-state index is 0.196. The standard InChI is InChI=1S/C24H32ClN3O4/c1-6-32-14-13-27(15-17(2)24(30)31-5)23(29)12-11-21-18(3)26-28(19(21)4)16-20-9-7-8-10-22(20)25/h7-12,17H,6,13-16H2,1-5H3/b12-11-/t17-/m0/s1. The Balaban J connectivity index is 2.17. The van der Waals surface area contributed by atoms with Gasteiger partial charge in [-0.1, -0.05) is 36.7 Å². The smallest absolute Gasteiger partial charge is 0.310 e. The second-order valence-corrected chi connectivity index (χ2v) is 7.98. The van der Waals surface area contributed by atoms with E-state index in [1.54, 1.807) is 17.9 Å². The highest BCUT2D eigenvalue weighted by Crippen LogP contribution is 2.20. The monoisotopic (exact) mass is 461 g/mol. The van der Waals surface area contributed by atoms with Crippen LogP contribution in [0.1, 0.15) is 36.4 Å². The van der Waals surface area contributed by atoms with Crippen molar-refractivity contribution in [2.24, 2.45) is 5.92 Å². The van der Waals surface area contributed by atoms with E-state index in [2.05, 4.69) is 5.10 Å². The summed E-state index contributed by atoms with van der Waals surface area (Å²) in [5.74, 6) is -0.977. The summed E-state index contributed by atoms with van der Waals surface area (Å²) < 4.78 is 12.1. The van der Waals surface area contributed by atoms with E-state index in [0.717, 1.165) is 22.5 Å². The summed E-state index contributed by atoms with van der Waals surface area (Å²) in [5, 5.41) is 5.31. The highest BCUT2D eigenvalue weighted by atomic mass is 35.5.